The Morgan fingerprint density at radius 3 is 2.46 bits per heavy atom. The summed E-state index contributed by atoms with van der Waals surface area (Å²) in [5, 5.41) is 0. The van der Waals surface area contributed by atoms with Gasteiger partial charge >= 0.3 is 0 Å². The third-order valence-electron chi connectivity index (χ3n) is 3.32. The maximum atomic E-state index is 6.35. The van der Waals surface area contributed by atoms with Gasteiger partial charge in [0.25, 0.3) is 0 Å². The molecule has 0 aliphatic heterocycles. The molecule has 1 aromatic heterocycles. The smallest absolute Gasteiger partial charge is 0.0424 e. The highest BCUT2D eigenvalue weighted by atomic mass is 14.9. The molecule has 1 saturated carbocycles. The van der Waals surface area contributed by atoms with E-state index in [9.17, 15) is 0 Å². The fraction of sp³-hybridized carbons (Fsp3) is 0.636. The van der Waals surface area contributed by atoms with Crippen molar-refractivity contribution in [1.29, 1.82) is 0 Å². The molecule has 2 nitrogen and oxygen atoms in total. The first-order valence-electron chi connectivity index (χ1n) is 5.04. The molecule has 0 atom stereocenters. The zero-order valence-corrected chi connectivity index (χ0v) is 8.51. The number of nitrogens with zero attached hydrogens (tertiary/aromatic N) is 1. The van der Waals surface area contributed by atoms with Gasteiger partial charge in [0, 0.05) is 24.5 Å². The minimum Gasteiger partial charge on any atom is -0.354 e. The topological polar surface area (TPSA) is 30.9 Å². The van der Waals surface area contributed by atoms with E-state index in [0.29, 0.717) is 0 Å². The molecule has 1 fully saturated rings. The number of nitrogens with two attached hydrogens (primary N) is 1. The van der Waals surface area contributed by atoms with Gasteiger partial charge in [0.2, 0.25) is 0 Å². The molecule has 0 unspecified atom stereocenters. The van der Waals surface area contributed by atoms with Crippen LogP contribution in [0.4, 0.5) is 0 Å². The van der Waals surface area contributed by atoms with Crippen molar-refractivity contribution in [2.75, 3.05) is 0 Å². The van der Waals surface area contributed by atoms with Crippen molar-refractivity contribution in [3.8, 4) is 0 Å². The van der Waals surface area contributed by atoms with Gasteiger partial charge in [0.15, 0.2) is 0 Å². The summed E-state index contributed by atoms with van der Waals surface area (Å²) < 4.78 is 2.16. The van der Waals surface area contributed by atoms with Crippen LogP contribution in [0.3, 0.4) is 0 Å². The highest BCUT2D eigenvalue weighted by molar-refractivity contribution is 5.26. The monoisotopic (exact) mass is 178 g/mol. The normalized spacial score (nSPS) is 20.8. The fourth-order valence-corrected chi connectivity index (χ4v) is 2.24. The molecular formula is C11H18N2. The van der Waals surface area contributed by atoms with Crippen molar-refractivity contribution in [1.82, 2.24) is 4.57 Å². The molecule has 72 valence electrons. The molecule has 1 aliphatic rings. The van der Waals surface area contributed by atoms with Crippen molar-refractivity contribution < 1.29 is 0 Å². The predicted molar refractivity (Wildman–Crippen MR) is 54.5 cm³/mol. The summed E-state index contributed by atoms with van der Waals surface area (Å²) in [5.41, 5.74) is 8.95. The molecule has 0 radical (unpaired) electrons. The molecule has 0 saturated heterocycles. The average Bonchev–Trinajstić information content (AvgIpc) is 2.62. The maximum absolute atomic E-state index is 6.35. The number of rotatable bonds is 1. The second-order valence-electron chi connectivity index (χ2n) is 4.34. The zero-order chi connectivity index (χ0) is 9.47. The van der Waals surface area contributed by atoms with Crippen LogP contribution in [0.5, 0.6) is 0 Å². The molecule has 2 N–H and O–H groups in total. The van der Waals surface area contributed by atoms with E-state index in [1.807, 2.05) is 0 Å². The van der Waals surface area contributed by atoms with E-state index in [1.165, 1.54) is 24.1 Å². The average molecular weight is 178 g/mol. The van der Waals surface area contributed by atoms with E-state index in [1.54, 1.807) is 0 Å². The van der Waals surface area contributed by atoms with Crippen LogP contribution in [-0.2, 0) is 12.6 Å². The van der Waals surface area contributed by atoms with Crippen molar-refractivity contribution in [3.05, 3.63) is 23.5 Å². The summed E-state index contributed by atoms with van der Waals surface area (Å²) in [6, 6.07) is 2.23. The lowest BCUT2D eigenvalue weighted by Crippen LogP contribution is -2.32. The van der Waals surface area contributed by atoms with Crippen LogP contribution in [0, 0.1) is 6.92 Å². The summed E-state index contributed by atoms with van der Waals surface area (Å²) in [6.07, 6.45) is 7.04. The van der Waals surface area contributed by atoms with E-state index >= 15 is 0 Å². The Morgan fingerprint density at radius 1 is 1.38 bits per heavy atom. The maximum Gasteiger partial charge on any atom is 0.0424 e. The van der Waals surface area contributed by atoms with Crippen LogP contribution in [-0.4, -0.2) is 4.57 Å². The van der Waals surface area contributed by atoms with Gasteiger partial charge in [0.05, 0.1) is 0 Å². The Balaban J connectivity index is 2.34. The number of aromatic nitrogens is 1. The molecule has 0 aromatic carbocycles. The van der Waals surface area contributed by atoms with Gasteiger partial charge in [-0.1, -0.05) is 12.8 Å². The number of aryl methyl sites for hydroxylation is 2. The minimum absolute atomic E-state index is 0.0218. The van der Waals surface area contributed by atoms with E-state index in [-0.39, 0.29) is 5.54 Å². The highest BCUT2D eigenvalue weighted by Gasteiger charge is 2.31. The van der Waals surface area contributed by atoms with Gasteiger partial charge in [0.1, 0.15) is 0 Å². The van der Waals surface area contributed by atoms with Crippen LogP contribution < -0.4 is 5.73 Å². The van der Waals surface area contributed by atoms with Gasteiger partial charge in [-0.3, -0.25) is 0 Å². The van der Waals surface area contributed by atoms with E-state index < -0.39 is 0 Å². The van der Waals surface area contributed by atoms with Gasteiger partial charge in [-0.05, 0) is 31.4 Å². The fourth-order valence-electron chi connectivity index (χ4n) is 2.24. The van der Waals surface area contributed by atoms with Gasteiger partial charge in [-0.25, -0.2) is 0 Å². The molecular weight excluding hydrogens is 160 g/mol. The van der Waals surface area contributed by atoms with Crippen LogP contribution in [0.15, 0.2) is 12.3 Å². The quantitative estimate of drug-likeness (QED) is 0.701. The summed E-state index contributed by atoms with van der Waals surface area (Å²) in [5.74, 6) is 0. The lowest BCUT2D eigenvalue weighted by atomic mass is 9.92. The molecule has 2 rings (SSSR count). The Kier molecular flexibility index (Phi) is 1.95. The lowest BCUT2D eigenvalue weighted by molar-refractivity contribution is 0.461. The van der Waals surface area contributed by atoms with Crippen LogP contribution >= 0.6 is 0 Å². The van der Waals surface area contributed by atoms with Gasteiger partial charge in [-0.2, -0.15) is 0 Å². The first kappa shape index (κ1) is 8.82. The van der Waals surface area contributed by atoms with E-state index in [2.05, 4.69) is 30.8 Å². The van der Waals surface area contributed by atoms with Crippen molar-refractivity contribution in [2.45, 2.75) is 38.1 Å². The Labute approximate surface area is 79.7 Å². The van der Waals surface area contributed by atoms with E-state index in [4.69, 9.17) is 5.73 Å². The van der Waals surface area contributed by atoms with Crippen molar-refractivity contribution >= 4 is 0 Å². The predicted octanol–water partition coefficient (Wildman–Crippen LogP) is 2.06. The molecule has 0 bridgehead atoms. The molecule has 1 aliphatic carbocycles. The summed E-state index contributed by atoms with van der Waals surface area (Å²) in [7, 11) is 2.08. The molecule has 0 spiro atoms. The Bertz CT molecular complexity index is 286. The van der Waals surface area contributed by atoms with Crippen molar-refractivity contribution in [2.24, 2.45) is 12.8 Å². The first-order chi connectivity index (χ1) is 6.12. The van der Waals surface area contributed by atoms with Crippen LogP contribution in [0.2, 0.25) is 0 Å². The standard InChI is InChI=1S/C11H18N2/c1-9-7-10(8-13(9)2)11(12)5-3-4-6-11/h7-8H,3-6,12H2,1-2H3. The SMILES string of the molecule is Cc1cc(C2(N)CCCC2)cn1C. The largest absolute Gasteiger partial charge is 0.354 e. The van der Waals surface area contributed by atoms with E-state index in [0.717, 1.165) is 12.8 Å². The second kappa shape index (κ2) is 2.88. The minimum atomic E-state index is -0.0218. The molecule has 13 heavy (non-hydrogen) atoms. The van der Waals surface area contributed by atoms with Crippen LogP contribution in [0.1, 0.15) is 36.9 Å². The third kappa shape index (κ3) is 1.39. The third-order valence-corrected chi connectivity index (χ3v) is 3.32. The first-order valence-corrected chi connectivity index (χ1v) is 5.04. The van der Waals surface area contributed by atoms with Crippen LogP contribution in [0.25, 0.3) is 0 Å². The van der Waals surface area contributed by atoms with Gasteiger partial charge in [-0.15, -0.1) is 0 Å². The molecule has 1 aromatic rings. The number of hydrogen-bond donors (Lipinski definition) is 1. The lowest BCUT2D eigenvalue weighted by Gasteiger charge is -2.22. The van der Waals surface area contributed by atoms with Crippen molar-refractivity contribution in [3.63, 3.8) is 0 Å². The molecule has 2 heteroatoms. The Morgan fingerprint density at radius 2 is 2.00 bits per heavy atom. The zero-order valence-electron chi connectivity index (χ0n) is 8.51. The number of hydrogen-bond acceptors (Lipinski definition) is 1. The summed E-state index contributed by atoms with van der Waals surface area (Å²) in [6.45, 7) is 2.13. The van der Waals surface area contributed by atoms with Gasteiger partial charge < -0.3 is 10.3 Å². The second-order valence-corrected chi connectivity index (χ2v) is 4.34. The summed E-state index contributed by atoms with van der Waals surface area (Å²) in [4.78, 5) is 0. The summed E-state index contributed by atoms with van der Waals surface area (Å²) >= 11 is 0. The highest BCUT2D eigenvalue weighted by Crippen LogP contribution is 2.36. The molecule has 1 heterocycles. The molecule has 0 amide bonds. The Hall–Kier alpha value is -0.760.